The van der Waals surface area contributed by atoms with Crippen molar-refractivity contribution in [3.63, 3.8) is 0 Å². The smallest absolute Gasteiger partial charge is 0.248 e. The van der Waals surface area contributed by atoms with Crippen molar-refractivity contribution in [1.82, 2.24) is 0 Å². The van der Waals surface area contributed by atoms with Crippen LogP contribution in [0.15, 0.2) is 78.9 Å². The van der Waals surface area contributed by atoms with Crippen LogP contribution in [0.2, 0.25) is 0 Å². The highest BCUT2D eigenvalue weighted by Crippen LogP contribution is 2.24. The second kappa shape index (κ2) is 9.13. The molecule has 0 bridgehead atoms. The van der Waals surface area contributed by atoms with Gasteiger partial charge in [0.1, 0.15) is 6.54 Å². The number of sulfonamides is 1. The highest BCUT2D eigenvalue weighted by atomic mass is 32.2. The predicted octanol–water partition coefficient (Wildman–Crippen LogP) is 4.30. The first-order valence-corrected chi connectivity index (χ1v) is 11.5. The molecule has 0 spiro atoms. The number of rotatable bonds is 7. The lowest BCUT2D eigenvalue weighted by Gasteiger charge is -2.28. The zero-order valence-electron chi connectivity index (χ0n) is 17.4. The van der Waals surface area contributed by atoms with Crippen LogP contribution in [0.1, 0.15) is 16.7 Å². The van der Waals surface area contributed by atoms with Crippen LogP contribution in [0.4, 0.5) is 11.4 Å². The van der Waals surface area contributed by atoms with Gasteiger partial charge in [-0.25, -0.2) is 8.42 Å². The second-order valence-corrected chi connectivity index (χ2v) is 9.26. The lowest BCUT2D eigenvalue weighted by atomic mass is 10.1. The molecule has 3 aromatic rings. The van der Waals surface area contributed by atoms with Crippen molar-refractivity contribution in [2.45, 2.75) is 20.4 Å². The molecule has 0 aromatic heterocycles. The number of carbonyl (C=O) groups excluding carboxylic acids is 1. The summed E-state index contributed by atoms with van der Waals surface area (Å²) >= 11 is 0. The Morgan fingerprint density at radius 3 is 2.03 bits per heavy atom. The fraction of sp³-hybridized carbons (Fsp3) is 0.208. The van der Waals surface area contributed by atoms with Gasteiger partial charge in [0, 0.05) is 5.69 Å². The number of para-hydroxylation sites is 1. The Labute approximate surface area is 178 Å². The first kappa shape index (κ1) is 21.6. The van der Waals surface area contributed by atoms with Crippen molar-refractivity contribution < 1.29 is 13.2 Å². The van der Waals surface area contributed by atoms with Crippen molar-refractivity contribution in [1.29, 1.82) is 0 Å². The highest BCUT2D eigenvalue weighted by molar-refractivity contribution is 7.92. The average Bonchev–Trinajstić information content (AvgIpc) is 2.71. The van der Waals surface area contributed by atoms with Crippen LogP contribution in [0, 0.1) is 13.8 Å². The third-order valence-electron chi connectivity index (χ3n) is 4.89. The van der Waals surface area contributed by atoms with Crippen LogP contribution in [-0.2, 0) is 21.4 Å². The molecule has 3 aromatic carbocycles. The molecule has 0 aliphatic carbocycles. The maximum absolute atomic E-state index is 13.4. The van der Waals surface area contributed by atoms with E-state index in [2.05, 4.69) is 0 Å². The number of benzene rings is 3. The molecular weight excluding hydrogens is 396 g/mol. The molecule has 0 atom stereocenters. The monoisotopic (exact) mass is 422 g/mol. The summed E-state index contributed by atoms with van der Waals surface area (Å²) < 4.78 is 26.3. The molecule has 0 saturated heterocycles. The molecule has 0 radical (unpaired) electrons. The summed E-state index contributed by atoms with van der Waals surface area (Å²) in [5, 5.41) is 0. The standard InChI is InChI=1S/C24H26N2O3S/c1-19-13-15-22(16-14-19)25(17-21-10-5-4-6-11-21)24(27)18-26(30(3,28)29)23-12-8-7-9-20(23)2/h4-16H,17-18H2,1-3H3. The third-order valence-corrected chi connectivity index (χ3v) is 6.02. The lowest BCUT2D eigenvalue weighted by Crippen LogP contribution is -2.43. The SMILES string of the molecule is Cc1ccc(N(Cc2ccccc2)C(=O)CN(c2ccccc2C)S(C)(=O)=O)cc1. The number of aryl methyl sites for hydroxylation is 2. The zero-order valence-corrected chi connectivity index (χ0v) is 18.3. The first-order chi connectivity index (χ1) is 14.3. The van der Waals surface area contributed by atoms with E-state index < -0.39 is 10.0 Å². The van der Waals surface area contributed by atoms with Crippen molar-refractivity contribution >= 4 is 27.3 Å². The van der Waals surface area contributed by atoms with Gasteiger partial charge in [0.25, 0.3) is 0 Å². The Balaban J connectivity index is 1.96. The molecule has 0 aliphatic heterocycles. The minimum Gasteiger partial charge on any atom is -0.306 e. The van der Waals surface area contributed by atoms with E-state index in [1.807, 2.05) is 80.6 Å². The predicted molar refractivity (Wildman–Crippen MR) is 122 cm³/mol. The van der Waals surface area contributed by atoms with E-state index in [0.717, 1.165) is 28.6 Å². The van der Waals surface area contributed by atoms with Crippen molar-refractivity contribution in [3.8, 4) is 0 Å². The fourth-order valence-electron chi connectivity index (χ4n) is 3.25. The number of hydrogen-bond donors (Lipinski definition) is 0. The quantitative estimate of drug-likeness (QED) is 0.570. The van der Waals surface area contributed by atoms with E-state index in [4.69, 9.17) is 0 Å². The normalized spacial score (nSPS) is 11.2. The van der Waals surface area contributed by atoms with E-state index in [0.29, 0.717) is 12.2 Å². The molecule has 6 heteroatoms. The van der Waals surface area contributed by atoms with E-state index in [-0.39, 0.29) is 12.5 Å². The van der Waals surface area contributed by atoms with Gasteiger partial charge in [-0.05, 0) is 43.2 Å². The van der Waals surface area contributed by atoms with Crippen LogP contribution in [-0.4, -0.2) is 27.1 Å². The molecule has 0 fully saturated rings. The second-order valence-electron chi connectivity index (χ2n) is 7.36. The molecule has 0 unspecified atom stereocenters. The Kier molecular flexibility index (Phi) is 6.57. The van der Waals surface area contributed by atoms with Crippen LogP contribution >= 0.6 is 0 Å². The maximum Gasteiger partial charge on any atom is 0.248 e. The molecule has 3 rings (SSSR count). The summed E-state index contributed by atoms with van der Waals surface area (Å²) in [7, 11) is -3.64. The van der Waals surface area contributed by atoms with E-state index in [9.17, 15) is 13.2 Å². The minimum atomic E-state index is -3.64. The number of anilines is 2. The third kappa shape index (κ3) is 5.27. The Bertz CT molecular complexity index is 1110. The molecule has 30 heavy (non-hydrogen) atoms. The van der Waals surface area contributed by atoms with Crippen molar-refractivity contribution in [2.24, 2.45) is 0 Å². The number of nitrogens with zero attached hydrogens (tertiary/aromatic N) is 2. The summed E-state index contributed by atoms with van der Waals surface area (Å²) in [5.41, 5.74) is 4.09. The average molecular weight is 423 g/mol. The van der Waals surface area contributed by atoms with E-state index in [1.165, 1.54) is 4.31 Å². The fourth-order valence-corrected chi connectivity index (χ4v) is 4.15. The Morgan fingerprint density at radius 1 is 0.833 bits per heavy atom. The van der Waals surface area contributed by atoms with Crippen LogP contribution < -0.4 is 9.21 Å². The highest BCUT2D eigenvalue weighted by Gasteiger charge is 2.26. The molecule has 5 nitrogen and oxygen atoms in total. The zero-order chi connectivity index (χ0) is 21.7. The lowest BCUT2D eigenvalue weighted by molar-refractivity contribution is -0.117. The largest absolute Gasteiger partial charge is 0.306 e. The van der Waals surface area contributed by atoms with E-state index >= 15 is 0 Å². The van der Waals surface area contributed by atoms with Gasteiger partial charge >= 0.3 is 0 Å². The molecule has 0 aliphatic rings. The number of amides is 1. The molecular formula is C24H26N2O3S. The topological polar surface area (TPSA) is 57.7 Å². The van der Waals surface area contributed by atoms with Crippen LogP contribution in [0.25, 0.3) is 0 Å². The molecule has 1 amide bonds. The van der Waals surface area contributed by atoms with Gasteiger partial charge in [-0.2, -0.15) is 0 Å². The van der Waals surface area contributed by atoms with Gasteiger partial charge in [-0.1, -0.05) is 66.2 Å². The Hall–Kier alpha value is -3.12. The Morgan fingerprint density at radius 2 is 1.43 bits per heavy atom. The van der Waals surface area contributed by atoms with Gasteiger partial charge in [-0.3, -0.25) is 9.10 Å². The van der Waals surface area contributed by atoms with Gasteiger partial charge in [0.05, 0.1) is 18.5 Å². The van der Waals surface area contributed by atoms with Gasteiger partial charge in [-0.15, -0.1) is 0 Å². The maximum atomic E-state index is 13.4. The number of hydrogen-bond acceptors (Lipinski definition) is 3. The summed E-state index contributed by atoms with van der Waals surface area (Å²) in [5.74, 6) is -0.295. The van der Waals surface area contributed by atoms with Crippen LogP contribution in [0.3, 0.4) is 0 Å². The van der Waals surface area contributed by atoms with Crippen molar-refractivity contribution in [3.05, 3.63) is 95.6 Å². The van der Waals surface area contributed by atoms with E-state index in [1.54, 1.807) is 17.0 Å². The first-order valence-electron chi connectivity index (χ1n) is 9.70. The molecule has 0 heterocycles. The summed E-state index contributed by atoms with van der Waals surface area (Å²) in [6, 6.07) is 24.5. The minimum absolute atomic E-state index is 0.273. The van der Waals surface area contributed by atoms with Gasteiger partial charge < -0.3 is 4.90 Å². The molecule has 0 N–H and O–H groups in total. The van der Waals surface area contributed by atoms with Crippen LogP contribution in [0.5, 0.6) is 0 Å². The summed E-state index contributed by atoms with van der Waals surface area (Å²) in [6.45, 7) is 3.90. The van der Waals surface area contributed by atoms with Gasteiger partial charge in [0.15, 0.2) is 0 Å². The van der Waals surface area contributed by atoms with Gasteiger partial charge in [0.2, 0.25) is 15.9 Å². The summed E-state index contributed by atoms with van der Waals surface area (Å²) in [6.07, 6.45) is 1.13. The number of carbonyl (C=O) groups is 1. The summed E-state index contributed by atoms with van der Waals surface area (Å²) in [4.78, 5) is 15.0. The molecule has 156 valence electrons. The van der Waals surface area contributed by atoms with Crippen molar-refractivity contribution in [2.75, 3.05) is 22.0 Å². The molecule has 0 saturated carbocycles.